The molecule has 158 valence electrons. The van der Waals surface area contributed by atoms with Crippen molar-refractivity contribution in [2.75, 3.05) is 11.5 Å². The summed E-state index contributed by atoms with van der Waals surface area (Å²) in [7, 11) is -3.91. The number of amides is 1. The zero-order valence-corrected chi connectivity index (χ0v) is 17.5. The van der Waals surface area contributed by atoms with Crippen LogP contribution in [0.5, 0.6) is 11.5 Å². The van der Waals surface area contributed by atoms with Crippen LogP contribution in [0.15, 0.2) is 76.7 Å². The first-order valence-corrected chi connectivity index (χ1v) is 10.9. The van der Waals surface area contributed by atoms with Crippen LogP contribution < -0.4 is 19.6 Å². The molecule has 3 aromatic carbocycles. The summed E-state index contributed by atoms with van der Waals surface area (Å²) in [6.07, 6.45) is 1.45. The number of fused-ring (bicyclic) bond motifs is 1. The average Bonchev–Trinajstić information content (AvgIpc) is 3.21. The van der Waals surface area contributed by atoms with Gasteiger partial charge in [-0.15, -0.1) is 0 Å². The van der Waals surface area contributed by atoms with Crippen molar-refractivity contribution in [3.8, 4) is 11.5 Å². The predicted molar refractivity (Wildman–Crippen MR) is 116 cm³/mol. The van der Waals surface area contributed by atoms with Crippen LogP contribution in [0.25, 0.3) is 0 Å². The van der Waals surface area contributed by atoms with Gasteiger partial charge in [-0.2, -0.15) is 5.10 Å². The number of halogens is 1. The van der Waals surface area contributed by atoms with Crippen molar-refractivity contribution in [3.63, 3.8) is 0 Å². The molecular weight excluding hydrogens is 442 g/mol. The molecule has 0 spiro atoms. The van der Waals surface area contributed by atoms with E-state index in [1.54, 1.807) is 36.4 Å². The van der Waals surface area contributed by atoms with Gasteiger partial charge >= 0.3 is 0 Å². The third-order valence-corrected chi connectivity index (χ3v) is 5.87. The van der Waals surface area contributed by atoms with Gasteiger partial charge in [0.15, 0.2) is 11.5 Å². The van der Waals surface area contributed by atoms with E-state index in [0.29, 0.717) is 27.8 Å². The number of nitrogens with one attached hydrogen (secondary N) is 2. The van der Waals surface area contributed by atoms with E-state index >= 15 is 0 Å². The fraction of sp³-hybridized carbons (Fsp3) is 0.0476. The Hall–Kier alpha value is -3.56. The van der Waals surface area contributed by atoms with E-state index in [0.717, 1.165) is 0 Å². The molecule has 8 nitrogen and oxygen atoms in total. The van der Waals surface area contributed by atoms with E-state index in [4.69, 9.17) is 21.1 Å². The molecule has 4 rings (SSSR count). The molecule has 0 bridgehead atoms. The Morgan fingerprint density at radius 3 is 2.65 bits per heavy atom. The maximum Gasteiger partial charge on any atom is 0.271 e. The molecule has 2 N–H and O–H groups in total. The number of sulfonamides is 1. The lowest BCUT2D eigenvalue weighted by Crippen LogP contribution is -2.19. The second kappa shape index (κ2) is 8.66. The Labute approximate surface area is 183 Å². The average molecular weight is 458 g/mol. The fourth-order valence-corrected chi connectivity index (χ4v) is 4.08. The number of anilines is 1. The normalized spacial score (nSPS) is 12.7. The third-order valence-electron chi connectivity index (χ3n) is 4.26. The number of hydrazone groups is 1. The third kappa shape index (κ3) is 4.96. The Bertz CT molecular complexity index is 1280. The van der Waals surface area contributed by atoms with E-state index in [-0.39, 0.29) is 17.3 Å². The number of carbonyl (C=O) groups excluding carboxylic acids is 1. The standard InChI is InChI=1S/C21H16ClN3O5S/c22-16-4-2-5-17(11-16)25-31(27,28)18-6-1-3-15(10-18)21(26)24-23-12-14-7-8-19-20(9-14)30-13-29-19/h1-12,25H,13H2,(H,24,26). The second-order valence-electron chi connectivity index (χ2n) is 6.46. The van der Waals surface area contributed by atoms with Gasteiger partial charge in [-0.05, 0) is 60.2 Å². The second-order valence-corrected chi connectivity index (χ2v) is 8.57. The summed E-state index contributed by atoms with van der Waals surface area (Å²) in [6, 6.07) is 17.2. The van der Waals surface area contributed by atoms with Crippen molar-refractivity contribution in [1.29, 1.82) is 0 Å². The number of rotatable bonds is 6. The maximum atomic E-state index is 12.6. The summed E-state index contributed by atoms with van der Waals surface area (Å²) in [5, 5.41) is 4.31. The summed E-state index contributed by atoms with van der Waals surface area (Å²) < 4.78 is 38.2. The first-order valence-electron chi connectivity index (χ1n) is 9.02. The fourth-order valence-electron chi connectivity index (χ4n) is 2.79. The van der Waals surface area contributed by atoms with E-state index in [1.165, 1.54) is 36.5 Å². The summed E-state index contributed by atoms with van der Waals surface area (Å²) in [5.41, 5.74) is 3.53. The Kier molecular flexibility index (Phi) is 5.79. The zero-order chi connectivity index (χ0) is 21.8. The molecule has 1 aliphatic heterocycles. The molecule has 0 saturated heterocycles. The lowest BCUT2D eigenvalue weighted by Gasteiger charge is -2.09. The molecule has 1 heterocycles. The van der Waals surface area contributed by atoms with Crippen LogP contribution in [0.3, 0.4) is 0 Å². The van der Waals surface area contributed by atoms with Gasteiger partial charge in [0.25, 0.3) is 15.9 Å². The molecule has 0 aliphatic carbocycles. The lowest BCUT2D eigenvalue weighted by atomic mass is 10.2. The van der Waals surface area contributed by atoms with Crippen molar-refractivity contribution < 1.29 is 22.7 Å². The minimum atomic E-state index is -3.91. The molecule has 0 saturated carbocycles. The highest BCUT2D eigenvalue weighted by Gasteiger charge is 2.17. The number of hydrogen-bond acceptors (Lipinski definition) is 6. The number of hydrogen-bond donors (Lipinski definition) is 2. The first-order chi connectivity index (χ1) is 14.9. The summed E-state index contributed by atoms with van der Waals surface area (Å²) in [5.74, 6) is 0.683. The van der Waals surface area contributed by atoms with Crippen molar-refractivity contribution in [1.82, 2.24) is 5.43 Å². The summed E-state index contributed by atoms with van der Waals surface area (Å²) in [6.45, 7) is 0.165. The van der Waals surface area contributed by atoms with E-state index in [9.17, 15) is 13.2 Å². The quantitative estimate of drug-likeness (QED) is 0.434. The predicted octanol–water partition coefficient (Wildman–Crippen LogP) is 3.63. The largest absolute Gasteiger partial charge is 0.454 e. The lowest BCUT2D eigenvalue weighted by molar-refractivity contribution is 0.0955. The molecular formula is C21H16ClN3O5S. The number of ether oxygens (including phenoxy) is 2. The van der Waals surface area contributed by atoms with Crippen molar-refractivity contribution in [2.24, 2.45) is 5.10 Å². The van der Waals surface area contributed by atoms with Crippen LogP contribution in [0, 0.1) is 0 Å². The van der Waals surface area contributed by atoms with Gasteiger partial charge in [-0.3, -0.25) is 9.52 Å². The SMILES string of the molecule is O=C(NN=Cc1ccc2c(c1)OCO2)c1cccc(S(=O)(=O)Nc2cccc(Cl)c2)c1. The van der Waals surface area contributed by atoms with E-state index in [2.05, 4.69) is 15.2 Å². The molecule has 0 radical (unpaired) electrons. The van der Waals surface area contributed by atoms with Crippen molar-refractivity contribution in [2.45, 2.75) is 4.90 Å². The van der Waals surface area contributed by atoms with E-state index < -0.39 is 15.9 Å². The highest BCUT2D eigenvalue weighted by molar-refractivity contribution is 7.92. The van der Waals surface area contributed by atoms with Crippen LogP contribution >= 0.6 is 11.6 Å². The maximum absolute atomic E-state index is 12.6. The molecule has 31 heavy (non-hydrogen) atoms. The number of carbonyl (C=O) groups is 1. The molecule has 1 amide bonds. The minimum Gasteiger partial charge on any atom is -0.454 e. The molecule has 1 aliphatic rings. The molecule has 10 heteroatoms. The van der Waals surface area contributed by atoms with Gasteiger partial charge in [0.05, 0.1) is 16.8 Å². The van der Waals surface area contributed by atoms with Crippen molar-refractivity contribution in [3.05, 3.63) is 82.9 Å². The van der Waals surface area contributed by atoms with Gasteiger partial charge in [-0.25, -0.2) is 13.8 Å². The van der Waals surface area contributed by atoms with Gasteiger partial charge in [0.1, 0.15) is 0 Å². The van der Waals surface area contributed by atoms with Crippen LogP contribution in [-0.2, 0) is 10.0 Å². The Morgan fingerprint density at radius 2 is 1.81 bits per heavy atom. The minimum absolute atomic E-state index is 0.0696. The van der Waals surface area contributed by atoms with Gasteiger partial charge in [0.2, 0.25) is 6.79 Å². The molecule has 0 fully saturated rings. The van der Waals surface area contributed by atoms with Gasteiger partial charge in [0, 0.05) is 10.6 Å². The van der Waals surface area contributed by atoms with Crippen LogP contribution in [0.1, 0.15) is 15.9 Å². The van der Waals surface area contributed by atoms with Gasteiger partial charge < -0.3 is 9.47 Å². The first kappa shape index (κ1) is 20.7. The molecule has 3 aromatic rings. The van der Waals surface area contributed by atoms with E-state index in [1.807, 2.05) is 0 Å². The van der Waals surface area contributed by atoms with Crippen LogP contribution in [0.4, 0.5) is 5.69 Å². The molecule has 0 atom stereocenters. The highest BCUT2D eigenvalue weighted by atomic mass is 35.5. The van der Waals surface area contributed by atoms with Crippen LogP contribution in [0.2, 0.25) is 5.02 Å². The highest BCUT2D eigenvalue weighted by Crippen LogP contribution is 2.32. The zero-order valence-electron chi connectivity index (χ0n) is 15.9. The smallest absolute Gasteiger partial charge is 0.271 e. The topological polar surface area (TPSA) is 106 Å². The van der Waals surface area contributed by atoms with Gasteiger partial charge in [-0.1, -0.05) is 23.7 Å². The summed E-state index contributed by atoms with van der Waals surface area (Å²) >= 11 is 5.89. The number of nitrogens with zero attached hydrogens (tertiary/aromatic N) is 1. The van der Waals surface area contributed by atoms with Crippen LogP contribution in [-0.4, -0.2) is 27.3 Å². The number of benzene rings is 3. The molecule has 0 aromatic heterocycles. The van der Waals surface area contributed by atoms with Crippen molar-refractivity contribution >= 4 is 39.4 Å². The Balaban J connectivity index is 1.45. The summed E-state index contributed by atoms with van der Waals surface area (Å²) in [4.78, 5) is 12.3. The monoisotopic (exact) mass is 457 g/mol. The molecule has 0 unspecified atom stereocenters. The Morgan fingerprint density at radius 1 is 1.00 bits per heavy atom.